The average molecular weight is 291 g/mol. The van der Waals surface area contributed by atoms with Crippen molar-refractivity contribution in [3.63, 3.8) is 0 Å². The van der Waals surface area contributed by atoms with Gasteiger partial charge in [-0.3, -0.25) is 9.69 Å². The Morgan fingerprint density at radius 1 is 1.43 bits per heavy atom. The Labute approximate surface area is 126 Å². The summed E-state index contributed by atoms with van der Waals surface area (Å²) in [5.74, 6) is 0.144. The second-order valence-electron chi connectivity index (χ2n) is 6.01. The van der Waals surface area contributed by atoms with E-state index in [2.05, 4.69) is 11.8 Å². The summed E-state index contributed by atoms with van der Waals surface area (Å²) in [6.07, 6.45) is 1.08. The van der Waals surface area contributed by atoms with Crippen LogP contribution < -0.4 is 0 Å². The Morgan fingerprint density at radius 3 is 2.81 bits per heavy atom. The number of nitrogens with zero attached hydrogens (tertiary/aromatic N) is 1. The molecule has 1 fully saturated rings. The van der Waals surface area contributed by atoms with Gasteiger partial charge in [0, 0.05) is 12.6 Å². The molecule has 4 nitrogen and oxygen atoms in total. The second kappa shape index (κ2) is 7.57. The van der Waals surface area contributed by atoms with E-state index in [-0.39, 0.29) is 24.5 Å². The number of hydrogen-bond acceptors (Lipinski definition) is 4. The summed E-state index contributed by atoms with van der Waals surface area (Å²) in [7, 11) is 0. The lowest BCUT2D eigenvalue weighted by atomic mass is 10.0. The fraction of sp³-hybridized carbons (Fsp3) is 0.588. The van der Waals surface area contributed by atoms with Crippen LogP contribution in [0.25, 0.3) is 0 Å². The molecule has 1 heterocycles. The Morgan fingerprint density at radius 2 is 2.14 bits per heavy atom. The maximum atomic E-state index is 12.1. The molecular formula is C17H25NO3. The number of benzene rings is 1. The minimum atomic E-state index is -0.173. The van der Waals surface area contributed by atoms with E-state index in [4.69, 9.17) is 4.74 Å². The van der Waals surface area contributed by atoms with Gasteiger partial charge >= 0.3 is 5.97 Å². The highest BCUT2D eigenvalue weighted by Gasteiger charge is 2.32. The fourth-order valence-electron chi connectivity index (χ4n) is 2.91. The van der Waals surface area contributed by atoms with Gasteiger partial charge in [-0.15, -0.1) is 0 Å². The molecule has 1 aliphatic rings. The molecule has 3 unspecified atom stereocenters. The highest BCUT2D eigenvalue weighted by molar-refractivity contribution is 5.72. The van der Waals surface area contributed by atoms with Gasteiger partial charge in [-0.2, -0.15) is 0 Å². The molecule has 1 aromatic carbocycles. The van der Waals surface area contributed by atoms with Crippen LogP contribution in [0.5, 0.6) is 0 Å². The molecule has 1 aromatic rings. The smallest absolute Gasteiger partial charge is 0.310 e. The number of aliphatic hydroxyl groups excluding tert-OH is 1. The lowest BCUT2D eigenvalue weighted by Crippen LogP contribution is -2.39. The molecule has 0 bridgehead atoms. The van der Waals surface area contributed by atoms with Gasteiger partial charge in [0.15, 0.2) is 0 Å². The molecule has 1 saturated heterocycles. The first-order chi connectivity index (χ1) is 10.1. The maximum Gasteiger partial charge on any atom is 0.310 e. The molecule has 4 heteroatoms. The molecule has 2 rings (SSSR count). The van der Waals surface area contributed by atoms with Gasteiger partial charge < -0.3 is 9.84 Å². The summed E-state index contributed by atoms with van der Waals surface area (Å²) in [6.45, 7) is 6.13. The van der Waals surface area contributed by atoms with Crippen LogP contribution in [0.1, 0.15) is 25.8 Å². The Bertz CT molecular complexity index is 449. The monoisotopic (exact) mass is 291 g/mol. The van der Waals surface area contributed by atoms with Crippen LogP contribution in [0.15, 0.2) is 30.3 Å². The van der Waals surface area contributed by atoms with Gasteiger partial charge in [0.05, 0.1) is 12.5 Å². The lowest BCUT2D eigenvalue weighted by Gasteiger charge is -2.27. The summed E-state index contributed by atoms with van der Waals surface area (Å²) in [5, 5.41) is 9.45. The summed E-state index contributed by atoms with van der Waals surface area (Å²) < 4.78 is 5.37. The van der Waals surface area contributed by atoms with E-state index in [0.717, 1.165) is 18.5 Å². The predicted molar refractivity (Wildman–Crippen MR) is 81.6 cm³/mol. The maximum absolute atomic E-state index is 12.1. The van der Waals surface area contributed by atoms with Gasteiger partial charge in [-0.05, 0) is 24.4 Å². The van der Waals surface area contributed by atoms with Gasteiger partial charge in [-0.1, -0.05) is 44.2 Å². The number of rotatable bonds is 6. The quantitative estimate of drug-likeness (QED) is 0.815. The largest absolute Gasteiger partial charge is 0.461 e. The van der Waals surface area contributed by atoms with Crippen molar-refractivity contribution >= 4 is 5.97 Å². The van der Waals surface area contributed by atoms with Crippen molar-refractivity contribution < 1.29 is 14.6 Å². The van der Waals surface area contributed by atoms with Gasteiger partial charge in [0.25, 0.3) is 0 Å². The van der Waals surface area contributed by atoms with E-state index in [0.29, 0.717) is 19.1 Å². The summed E-state index contributed by atoms with van der Waals surface area (Å²) in [6, 6.07) is 9.88. The van der Waals surface area contributed by atoms with Gasteiger partial charge in [0.2, 0.25) is 0 Å². The lowest BCUT2D eigenvalue weighted by molar-refractivity contribution is -0.150. The third-order valence-electron chi connectivity index (χ3n) is 4.32. The highest BCUT2D eigenvalue weighted by Crippen LogP contribution is 2.24. The van der Waals surface area contributed by atoms with Crippen molar-refractivity contribution in [3.8, 4) is 0 Å². The minimum absolute atomic E-state index is 0.160. The minimum Gasteiger partial charge on any atom is -0.461 e. The number of ether oxygens (including phenoxy) is 1. The van der Waals surface area contributed by atoms with Crippen LogP contribution in [0.3, 0.4) is 0 Å². The van der Waals surface area contributed by atoms with Gasteiger partial charge in [-0.25, -0.2) is 0 Å². The van der Waals surface area contributed by atoms with E-state index in [1.165, 1.54) is 0 Å². The Kier molecular flexibility index (Phi) is 5.76. The van der Waals surface area contributed by atoms with Crippen LogP contribution in [0, 0.1) is 11.8 Å². The number of esters is 1. The highest BCUT2D eigenvalue weighted by atomic mass is 16.5. The van der Waals surface area contributed by atoms with Crippen molar-refractivity contribution in [1.82, 2.24) is 4.90 Å². The molecule has 0 aliphatic carbocycles. The van der Waals surface area contributed by atoms with Crippen molar-refractivity contribution in [2.24, 2.45) is 11.8 Å². The fourth-order valence-corrected chi connectivity index (χ4v) is 2.91. The molecule has 0 amide bonds. The SMILES string of the molecule is CC(CN1CCC(C)C1CO)C(=O)OCc1ccccc1. The van der Waals surface area contributed by atoms with Crippen LogP contribution in [0.4, 0.5) is 0 Å². The standard InChI is InChI=1S/C17H25NO3/c1-13-8-9-18(16(13)11-19)10-14(2)17(20)21-12-15-6-4-3-5-7-15/h3-7,13-14,16,19H,8-12H2,1-2H3. The summed E-state index contributed by atoms with van der Waals surface area (Å²) in [4.78, 5) is 14.3. The molecule has 0 radical (unpaired) electrons. The Hall–Kier alpha value is -1.39. The topological polar surface area (TPSA) is 49.8 Å². The zero-order valence-electron chi connectivity index (χ0n) is 12.9. The van der Waals surface area contributed by atoms with Crippen LogP contribution in [-0.2, 0) is 16.1 Å². The number of hydrogen-bond donors (Lipinski definition) is 1. The molecule has 3 atom stereocenters. The van der Waals surface area contributed by atoms with E-state index < -0.39 is 0 Å². The molecule has 0 saturated carbocycles. The van der Waals surface area contributed by atoms with Crippen LogP contribution in [0.2, 0.25) is 0 Å². The van der Waals surface area contributed by atoms with E-state index >= 15 is 0 Å². The van der Waals surface area contributed by atoms with E-state index in [1.807, 2.05) is 37.3 Å². The molecule has 21 heavy (non-hydrogen) atoms. The first-order valence-electron chi connectivity index (χ1n) is 7.67. The molecule has 0 spiro atoms. The second-order valence-corrected chi connectivity index (χ2v) is 6.01. The average Bonchev–Trinajstić information content (AvgIpc) is 2.85. The Balaban J connectivity index is 1.80. The zero-order chi connectivity index (χ0) is 15.2. The zero-order valence-corrected chi connectivity index (χ0v) is 12.9. The predicted octanol–water partition coefficient (Wildman–Crippen LogP) is 2.07. The molecule has 1 aliphatic heterocycles. The van der Waals surface area contributed by atoms with Crippen LogP contribution >= 0.6 is 0 Å². The van der Waals surface area contributed by atoms with E-state index in [9.17, 15) is 9.90 Å². The first kappa shape index (κ1) is 16.0. The normalized spacial score (nSPS) is 24.0. The van der Waals surface area contributed by atoms with Crippen molar-refractivity contribution in [1.29, 1.82) is 0 Å². The van der Waals surface area contributed by atoms with Crippen molar-refractivity contribution in [2.45, 2.75) is 32.9 Å². The summed E-state index contributed by atoms with van der Waals surface area (Å²) in [5.41, 5.74) is 1.00. The molecular weight excluding hydrogens is 266 g/mol. The third-order valence-corrected chi connectivity index (χ3v) is 4.32. The number of carbonyl (C=O) groups excluding carboxylic acids is 1. The number of carbonyl (C=O) groups is 1. The summed E-state index contributed by atoms with van der Waals surface area (Å²) >= 11 is 0. The van der Waals surface area contributed by atoms with E-state index in [1.54, 1.807) is 0 Å². The molecule has 116 valence electrons. The van der Waals surface area contributed by atoms with Crippen LogP contribution in [-0.4, -0.2) is 41.7 Å². The van der Waals surface area contributed by atoms with Gasteiger partial charge in [0.1, 0.15) is 6.61 Å². The molecule has 0 aromatic heterocycles. The van der Waals surface area contributed by atoms with Crippen molar-refractivity contribution in [2.75, 3.05) is 19.7 Å². The molecule has 1 N–H and O–H groups in total. The van der Waals surface area contributed by atoms with Crippen molar-refractivity contribution in [3.05, 3.63) is 35.9 Å². The third kappa shape index (κ3) is 4.29. The number of likely N-dealkylation sites (tertiary alicyclic amines) is 1. The first-order valence-corrected chi connectivity index (χ1v) is 7.67. The number of aliphatic hydroxyl groups is 1.